The molecular weight excluding hydrogens is 411 g/mol. The van der Waals surface area contributed by atoms with E-state index in [2.05, 4.69) is 0 Å². The van der Waals surface area contributed by atoms with Crippen LogP contribution in [0.3, 0.4) is 0 Å². The van der Waals surface area contributed by atoms with E-state index in [9.17, 15) is 14.0 Å². The number of carbonyl (C=O) groups excluding carboxylic acids is 1. The monoisotopic (exact) mass is 434 g/mol. The van der Waals surface area contributed by atoms with Gasteiger partial charge in [0, 0.05) is 21.9 Å². The number of fused-ring (bicyclic) bond motifs is 1. The van der Waals surface area contributed by atoms with Crippen molar-refractivity contribution in [3.63, 3.8) is 0 Å². The average molecular weight is 435 g/mol. The van der Waals surface area contributed by atoms with Gasteiger partial charge < -0.3 is 0 Å². The molecule has 0 N–H and O–H groups in total. The molecule has 0 amide bonds. The van der Waals surface area contributed by atoms with Crippen LogP contribution in [0.25, 0.3) is 21.3 Å². The van der Waals surface area contributed by atoms with Crippen LogP contribution in [0.5, 0.6) is 0 Å². The number of aromatic nitrogens is 2. The van der Waals surface area contributed by atoms with Gasteiger partial charge in [-0.15, -0.1) is 11.3 Å². The molecule has 0 saturated carbocycles. The molecule has 2 heterocycles. The summed E-state index contributed by atoms with van der Waals surface area (Å²) in [4.78, 5) is 33.1. The minimum absolute atomic E-state index is 0.0394. The van der Waals surface area contributed by atoms with Gasteiger partial charge in [-0.25, -0.2) is 9.37 Å². The van der Waals surface area contributed by atoms with Gasteiger partial charge in [0.2, 0.25) is 0 Å². The smallest absolute Gasteiger partial charge is 0.263 e. The molecule has 31 heavy (non-hydrogen) atoms. The van der Waals surface area contributed by atoms with Gasteiger partial charge in [0.05, 0.1) is 11.9 Å². The summed E-state index contributed by atoms with van der Waals surface area (Å²) in [5, 5.41) is 0.543. The molecule has 0 saturated heterocycles. The highest BCUT2D eigenvalue weighted by Crippen LogP contribution is 2.36. The van der Waals surface area contributed by atoms with E-state index >= 15 is 0 Å². The van der Waals surface area contributed by atoms with Crippen molar-refractivity contribution in [3.8, 4) is 11.1 Å². The Bertz CT molecular complexity index is 1350. The molecule has 4 rings (SSSR count). The summed E-state index contributed by atoms with van der Waals surface area (Å²) in [7, 11) is 0. The van der Waals surface area contributed by atoms with Gasteiger partial charge in [-0.2, -0.15) is 0 Å². The van der Waals surface area contributed by atoms with E-state index < -0.39 is 0 Å². The van der Waals surface area contributed by atoms with Crippen molar-refractivity contribution < 1.29 is 9.18 Å². The quantitative estimate of drug-likeness (QED) is 0.368. The van der Waals surface area contributed by atoms with Crippen LogP contribution in [0, 0.1) is 19.7 Å². The summed E-state index contributed by atoms with van der Waals surface area (Å²) in [5.41, 5.74) is 2.38. The fourth-order valence-corrected chi connectivity index (χ4v) is 4.85. The van der Waals surface area contributed by atoms with Crippen molar-refractivity contribution in [1.82, 2.24) is 9.55 Å². The molecule has 0 aliphatic rings. The number of carbonyl (C=O) groups is 1. The number of nitrogens with zero attached hydrogens (tertiary/aromatic N) is 2. The van der Waals surface area contributed by atoms with Crippen LogP contribution in [0.4, 0.5) is 4.39 Å². The summed E-state index contributed by atoms with van der Waals surface area (Å²) < 4.78 is 15.1. The first-order chi connectivity index (χ1) is 14.8. The number of hydrogen-bond acceptors (Lipinski definition) is 4. The van der Waals surface area contributed by atoms with Gasteiger partial charge in [-0.1, -0.05) is 44.2 Å². The number of rotatable bonds is 5. The third-order valence-electron chi connectivity index (χ3n) is 5.38. The van der Waals surface area contributed by atoms with Crippen molar-refractivity contribution in [2.24, 2.45) is 0 Å². The van der Waals surface area contributed by atoms with Gasteiger partial charge in [-0.3, -0.25) is 14.2 Å². The summed E-state index contributed by atoms with van der Waals surface area (Å²) in [6.07, 6.45) is 0. The van der Waals surface area contributed by atoms with Crippen LogP contribution < -0.4 is 5.56 Å². The standard InChI is InChI=1S/C25H23FN2O2S/c1-14(2)23-27-24-22(21(16(4)31-24)17-8-6-5-7-9-17)25(30)28(23)13-20(29)18-10-11-19(26)15(3)12-18/h5-12,14H,13H2,1-4H3. The Morgan fingerprint density at radius 1 is 1.13 bits per heavy atom. The maximum Gasteiger partial charge on any atom is 0.263 e. The van der Waals surface area contributed by atoms with E-state index in [-0.39, 0.29) is 29.6 Å². The molecule has 158 valence electrons. The Balaban J connectivity index is 1.90. The highest BCUT2D eigenvalue weighted by Gasteiger charge is 2.22. The first-order valence-electron chi connectivity index (χ1n) is 10.2. The number of halogens is 1. The number of hydrogen-bond donors (Lipinski definition) is 0. The van der Waals surface area contributed by atoms with Gasteiger partial charge in [0.1, 0.15) is 16.5 Å². The molecule has 0 fully saturated rings. The maximum atomic E-state index is 13.7. The van der Waals surface area contributed by atoms with Crippen molar-refractivity contribution >= 4 is 27.3 Å². The van der Waals surface area contributed by atoms with Crippen LogP contribution in [-0.4, -0.2) is 15.3 Å². The summed E-state index contributed by atoms with van der Waals surface area (Å²) >= 11 is 1.50. The average Bonchev–Trinajstić information content (AvgIpc) is 3.08. The largest absolute Gasteiger partial charge is 0.292 e. The zero-order valence-corrected chi connectivity index (χ0v) is 18.7. The molecule has 0 unspecified atom stereocenters. The molecule has 2 aromatic carbocycles. The van der Waals surface area contributed by atoms with E-state index in [1.54, 1.807) is 6.92 Å². The lowest BCUT2D eigenvalue weighted by molar-refractivity contribution is 0.0969. The van der Waals surface area contributed by atoms with Crippen LogP contribution in [-0.2, 0) is 6.54 Å². The maximum absolute atomic E-state index is 13.7. The lowest BCUT2D eigenvalue weighted by Crippen LogP contribution is -2.29. The van der Waals surface area contributed by atoms with E-state index in [0.717, 1.165) is 16.0 Å². The molecule has 0 aliphatic carbocycles. The summed E-state index contributed by atoms with van der Waals surface area (Å²) in [6.45, 7) is 7.37. The molecular formula is C25H23FN2O2S. The van der Waals surface area contributed by atoms with Crippen LogP contribution >= 0.6 is 11.3 Å². The second kappa shape index (κ2) is 8.19. The van der Waals surface area contributed by atoms with Crippen LogP contribution in [0.1, 0.15) is 46.4 Å². The molecule has 0 aliphatic heterocycles. The van der Waals surface area contributed by atoms with E-state index in [1.807, 2.05) is 51.1 Å². The fraction of sp³-hybridized carbons (Fsp3) is 0.240. The van der Waals surface area contributed by atoms with Gasteiger partial charge in [-0.05, 0) is 43.2 Å². The van der Waals surface area contributed by atoms with E-state index in [1.165, 1.54) is 34.1 Å². The van der Waals surface area contributed by atoms with Crippen LogP contribution in [0.15, 0.2) is 53.3 Å². The van der Waals surface area contributed by atoms with Gasteiger partial charge >= 0.3 is 0 Å². The molecule has 0 spiro atoms. The lowest BCUT2D eigenvalue weighted by Gasteiger charge is -2.15. The van der Waals surface area contributed by atoms with Gasteiger partial charge in [0.25, 0.3) is 5.56 Å². The SMILES string of the molecule is Cc1cc(C(=O)Cn2c(C(C)C)nc3sc(C)c(-c4ccccc4)c3c2=O)ccc1F. The van der Waals surface area contributed by atoms with Crippen molar-refractivity contribution in [1.29, 1.82) is 0 Å². The first kappa shape index (κ1) is 21.1. The second-order valence-corrected chi connectivity index (χ2v) is 9.19. The minimum Gasteiger partial charge on any atom is -0.292 e. The van der Waals surface area contributed by atoms with Crippen LogP contribution in [0.2, 0.25) is 0 Å². The Morgan fingerprint density at radius 3 is 2.48 bits per heavy atom. The predicted octanol–water partition coefficient (Wildman–Crippen LogP) is 5.89. The second-order valence-electron chi connectivity index (χ2n) is 7.98. The summed E-state index contributed by atoms with van der Waals surface area (Å²) in [6, 6.07) is 14.0. The normalized spacial score (nSPS) is 11.4. The number of thiophene rings is 1. The zero-order valence-electron chi connectivity index (χ0n) is 17.9. The molecule has 6 heteroatoms. The Hall–Kier alpha value is -3.12. The number of ketones is 1. The molecule has 4 nitrogen and oxygen atoms in total. The molecule has 0 bridgehead atoms. The number of benzene rings is 2. The molecule has 4 aromatic rings. The molecule has 0 atom stereocenters. The molecule has 2 aromatic heterocycles. The topological polar surface area (TPSA) is 52.0 Å². The Morgan fingerprint density at radius 2 is 1.84 bits per heavy atom. The first-order valence-corrected chi connectivity index (χ1v) is 11.0. The van der Waals surface area contributed by atoms with Crippen molar-refractivity contribution in [3.05, 3.63) is 86.5 Å². The summed E-state index contributed by atoms with van der Waals surface area (Å²) in [5.74, 6) is -0.0737. The van der Waals surface area contributed by atoms with Crippen molar-refractivity contribution in [2.75, 3.05) is 0 Å². The number of Topliss-reactive ketones (excluding diaryl/α,β-unsaturated/α-hetero) is 1. The highest BCUT2D eigenvalue weighted by atomic mass is 32.1. The van der Waals surface area contributed by atoms with E-state index in [4.69, 9.17) is 4.98 Å². The Labute approximate surface area is 184 Å². The molecule has 0 radical (unpaired) electrons. The lowest BCUT2D eigenvalue weighted by atomic mass is 10.0. The van der Waals surface area contributed by atoms with E-state index in [0.29, 0.717) is 27.2 Å². The van der Waals surface area contributed by atoms with Gasteiger partial charge in [0.15, 0.2) is 5.78 Å². The minimum atomic E-state index is -0.360. The zero-order chi connectivity index (χ0) is 22.3. The highest BCUT2D eigenvalue weighted by molar-refractivity contribution is 7.19. The third kappa shape index (κ3) is 3.83. The number of aryl methyl sites for hydroxylation is 2. The van der Waals surface area contributed by atoms with Crippen molar-refractivity contribution in [2.45, 2.75) is 40.2 Å². The Kier molecular flexibility index (Phi) is 5.58. The predicted molar refractivity (Wildman–Crippen MR) is 124 cm³/mol. The fourth-order valence-electron chi connectivity index (χ4n) is 3.81. The third-order valence-corrected chi connectivity index (χ3v) is 6.38.